The van der Waals surface area contributed by atoms with E-state index >= 15 is 0 Å². The van der Waals surface area contributed by atoms with Gasteiger partial charge in [-0.1, -0.05) is 26.8 Å². The first kappa shape index (κ1) is 20.3. The molecule has 0 amide bonds. The molecule has 0 unspecified atom stereocenters. The van der Waals surface area contributed by atoms with Gasteiger partial charge in [-0.15, -0.1) is 0 Å². The topological polar surface area (TPSA) is 54.0 Å². The largest absolute Gasteiger partial charge is 0.495 e. The number of hydrogen-bond donors (Lipinski definition) is 0. The summed E-state index contributed by atoms with van der Waals surface area (Å²) in [7, 11) is 1.51. The molecule has 0 spiro atoms. The SMILES string of the molecule is C#COc1cc(C)cc2c1Oc1ccc(C(=C)CC(C)C)c(OC)c1C(=O)OC2. The van der Waals surface area contributed by atoms with Crippen LogP contribution in [0.3, 0.4) is 0 Å². The molecule has 5 heteroatoms. The summed E-state index contributed by atoms with van der Waals surface area (Å²) in [6, 6.07) is 7.20. The molecular formula is C24H24O5. The molecule has 0 N–H and O–H groups in total. The average Bonchev–Trinajstić information content (AvgIpc) is 2.66. The standard InChI is InChI=1S/C24H24O5/c1-7-27-20-12-15(4)11-17-13-28-24(25)21-19(29-22(17)20)9-8-18(23(21)26-6)16(5)10-14(2)3/h1,8-9,11-12,14H,5,10,13H2,2-4,6H3. The van der Waals surface area contributed by atoms with Gasteiger partial charge in [0.2, 0.25) is 0 Å². The van der Waals surface area contributed by atoms with Gasteiger partial charge in [-0.25, -0.2) is 4.79 Å². The molecule has 0 radical (unpaired) electrons. The molecule has 2 aromatic carbocycles. The number of esters is 1. The highest BCUT2D eigenvalue weighted by molar-refractivity contribution is 5.98. The molecule has 0 atom stereocenters. The molecule has 2 aromatic rings. The van der Waals surface area contributed by atoms with E-state index in [1.165, 1.54) is 7.11 Å². The van der Waals surface area contributed by atoms with Crippen molar-refractivity contribution in [3.05, 3.63) is 53.1 Å². The average molecular weight is 392 g/mol. The third-order valence-corrected chi connectivity index (χ3v) is 4.58. The summed E-state index contributed by atoms with van der Waals surface area (Å²) in [6.45, 7) is 10.3. The monoisotopic (exact) mass is 392 g/mol. The van der Waals surface area contributed by atoms with Gasteiger partial charge in [0.05, 0.1) is 7.11 Å². The van der Waals surface area contributed by atoms with Gasteiger partial charge in [-0.05, 0) is 54.7 Å². The number of benzene rings is 2. The molecule has 0 aliphatic carbocycles. The van der Waals surface area contributed by atoms with Gasteiger partial charge >= 0.3 is 5.97 Å². The van der Waals surface area contributed by atoms with Crippen molar-refractivity contribution in [2.75, 3.05) is 7.11 Å². The highest BCUT2D eigenvalue weighted by Gasteiger charge is 2.29. The van der Waals surface area contributed by atoms with Gasteiger partial charge in [0.25, 0.3) is 0 Å². The summed E-state index contributed by atoms with van der Waals surface area (Å²) in [5.74, 6) is 1.38. The van der Waals surface area contributed by atoms with Crippen LogP contribution in [0.25, 0.3) is 5.57 Å². The first-order valence-electron chi connectivity index (χ1n) is 9.35. The number of terminal acetylenes is 1. The Morgan fingerprint density at radius 2 is 2.10 bits per heavy atom. The minimum absolute atomic E-state index is 0.0243. The zero-order chi connectivity index (χ0) is 21.1. The molecule has 3 rings (SSSR count). The maximum absolute atomic E-state index is 12.9. The first-order valence-corrected chi connectivity index (χ1v) is 9.35. The number of fused-ring (bicyclic) bond motifs is 2. The summed E-state index contributed by atoms with van der Waals surface area (Å²) in [5.41, 5.74) is 3.42. The van der Waals surface area contributed by atoms with Crippen LogP contribution in [0.4, 0.5) is 0 Å². The molecule has 1 aliphatic rings. The molecule has 29 heavy (non-hydrogen) atoms. The summed E-state index contributed by atoms with van der Waals surface area (Å²) in [4.78, 5) is 12.9. The van der Waals surface area contributed by atoms with Gasteiger partial charge in [-0.3, -0.25) is 0 Å². The number of hydrogen-bond acceptors (Lipinski definition) is 5. The van der Waals surface area contributed by atoms with Gasteiger partial charge in [0.15, 0.2) is 11.5 Å². The van der Waals surface area contributed by atoms with E-state index in [0.717, 1.165) is 23.1 Å². The van der Waals surface area contributed by atoms with Crippen LogP contribution >= 0.6 is 0 Å². The lowest BCUT2D eigenvalue weighted by Gasteiger charge is -2.23. The predicted octanol–water partition coefficient (Wildman–Crippen LogP) is 5.50. The third-order valence-electron chi connectivity index (χ3n) is 4.58. The zero-order valence-corrected chi connectivity index (χ0v) is 17.1. The number of ether oxygens (including phenoxy) is 4. The minimum atomic E-state index is -0.525. The van der Waals surface area contributed by atoms with Crippen molar-refractivity contribution < 1.29 is 23.7 Å². The second-order valence-corrected chi connectivity index (χ2v) is 7.37. The molecular weight excluding hydrogens is 368 g/mol. The summed E-state index contributed by atoms with van der Waals surface area (Å²) in [5, 5.41) is 0. The Morgan fingerprint density at radius 1 is 1.34 bits per heavy atom. The van der Waals surface area contributed by atoms with E-state index in [-0.39, 0.29) is 12.2 Å². The lowest BCUT2D eigenvalue weighted by Crippen LogP contribution is -2.14. The van der Waals surface area contributed by atoms with Crippen LogP contribution in [-0.4, -0.2) is 13.1 Å². The van der Waals surface area contributed by atoms with Gasteiger partial charge in [0, 0.05) is 11.1 Å². The fourth-order valence-electron chi connectivity index (χ4n) is 3.44. The molecule has 0 aromatic heterocycles. The zero-order valence-electron chi connectivity index (χ0n) is 17.1. The molecule has 1 heterocycles. The smallest absolute Gasteiger partial charge is 0.346 e. The highest BCUT2D eigenvalue weighted by atomic mass is 16.6. The van der Waals surface area contributed by atoms with Crippen molar-refractivity contribution in [2.45, 2.75) is 33.8 Å². The maximum atomic E-state index is 12.9. The Morgan fingerprint density at radius 3 is 2.76 bits per heavy atom. The van der Waals surface area contributed by atoms with Crippen molar-refractivity contribution in [1.82, 2.24) is 0 Å². The minimum Gasteiger partial charge on any atom is -0.495 e. The fraction of sp³-hybridized carbons (Fsp3) is 0.292. The van der Waals surface area contributed by atoms with Gasteiger partial charge < -0.3 is 18.9 Å². The first-order chi connectivity index (χ1) is 13.8. The Hall–Kier alpha value is -3.39. The second-order valence-electron chi connectivity index (χ2n) is 7.37. The molecule has 5 nitrogen and oxygen atoms in total. The normalized spacial score (nSPS) is 12.5. The van der Waals surface area contributed by atoms with Crippen molar-refractivity contribution in [3.63, 3.8) is 0 Å². The van der Waals surface area contributed by atoms with E-state index in [2.05, 4.69) is 26.5 Å². The third kappa shape index (κ3) is 4.07. The van der Waals surface area contributed by atoms with Crippen LogP contribution in [0.5, 0.6) is 23.0 Å². The molecule has 150 valence electrons. The lowest BCUT2D eigenvalue weighted by molar-refractivity contribution is 0.0455. The maximum Gasteiger partial charge on any atom is 0.346 e. The molecule has 1 aliphatic heterocycles. The van der Waals surface area contributed by atoms with Crippen molar-refractivity contribution in [1.29, 1.82) is 0 Å². The number of methoxy groups -OCH3 is 1. The predicted molar refractivity (Wildman–Crippen MR) is 111 cm³/mol. The summed E-state index contributed by atoms with van der Waals surface area (Å²) >= 11 is 0. The Balaban J connectivity index is 2.16. The lowest BCUT2D eigenvalue weighted by atomic mass is 9.95. The van der Waals surface area contributed by atoms with E-state index in [4.69, 9.17) is 25.4 Å². The van der Waals surface area contributed by atoms with Crippen LogP contribution < -0.4 is 14.2 Å². The second kappa shape index (κ2) is 8.32. The molecule has 0 fully saturated rings. The van der Waals surface area contributed by atoms with Crippen molar-refractivity contribution >= 4 is 11.5 Å². The van der Waals surface area contributed by atoms with Crippen LogP contribution in [0.2, 0.25) is 0 Å². The number of carbonyl (C=O) groups excluding carboxylic acids is 1. The molecule has 0 saturated heterocycles. The summed E-state index contributed by atoms with van der Waals surface area (Å²) in [6.07, 6.45) is 8.27. The van der Waals surface area contributed by atoms with E-state index in [9.17, 15) is 4.79 Å². The quantitative estimate of drug-likeness (QED) is 0.497. The number of cyclic esters (lactones) is 1. The fourth-order valence-corrected chi connectivity index (χ4v) is 3.44. The van der Waals surface area contributed by atoms with Crippen LogP contribution in [-0.2, 0) is 11.3 Å². The number of rotatable bonds is 5. The van der Waals surface area contributed by atoms with E-state index < -0.39 is 5.97 Å². The van der Waals surface area contributed by atoms with Crippen LogP contribution in [0, 0.1) is 25.4 Å². The van der Waals surface area contributed by atoms with E-state index in [0.29, 0.717) is 34.5 Å². The number of carbonyl (C=O) groups is 1. The molecule has 0 bridgehead atoms. The number of allylic oxidation sites excluding steroid dienone is 1. The Bertz CT molecular complexity index is 1010. The van der Waals surface area contributed by atoms with Crippen LogP contribution in [0.1, 0.15) is 47.3 Å². The molecule has 0 saturated carbocycles. The van der Waals surface area contributed by atoms with E-state index in [1.54, 1.807) is 12.1 Å². The highest BCUT2D eigenvalue weighted by Crippen LogP contribution is 2.44. The van der Waals surface area contributed by atoms with Crippen molar-refractivity contribution in [3.8, 4) is 35.5 Å². The van der Waals surface area contributed by atoms with Gasteiger partial charge in [0.1, 0.15) is 29.8 Å². The number of aryl methyl sites for hydroxylation is 1. The Labute approximate surface area is 171 Å². The van der Waals surface area contributed by atoms with E-state index in [1.807, 2.05) is 19.1 Å². The van der Waals surface area contributed by atoms with Crippen molar-refractivity contribution in [2.24, 2.45) is 5.92 Å². The Kier molecular flexibility index (Phi) is 5.84. The van der Waals surface area contributed by atoms with Crippen LogP contribution in [0.15, 0.2) is 30.8 Å². The van der Waals surface area contributed by atoms with Gasteiger partial charge in [-0.2, -0.15) is 0 Å². The summed E-state index contributed by atoms with van der Waals surface area (Å²) < 4.78 is 22.6.